The minimum absolute atomic E-state index is 0.0696. The van der Waals surface area contributed by atoms with Gasteiger partial charge in [-0.25, -0.2) is 4.98 Å². The quantitative estimate of drug-likeness (QED) is 0.622. The molecule has 0 aliphatic carbocycles. The van der Waals surface area contributed by atoms with Crippen molar-refractivity contribution in [1.82, 2.24) is 9.38 Å². The molecule has 0 saturated carbocycles. The largest absolute Gasteiger partial charge is 0.302 e. The van der Waals surface area contributed by atoms with Crippen molar-refractivity contribution in [3.63, 3.8) is 0 Å². The number of rotatable bonds is 2. The molecule has 0 spiro atoms. The highest BCUT2D eigenvalue weighted by atomic mass is 35.5. The lowest BCUT2D eigenvalue weighted by Crippen LogP contribution is -1.94. The second kappa shape index (κ2) is 4.41. The van der Waals surface area contributed by atoms with Gasteiger partial charge in [-0.05, 0) is 43.0 Å². The van der Waals surface area contributed by atoms with Crippen molar-refractivity contribution in [1.29, 1.82) is 0 Å². The summed E-state index contributed by atoms with van der Waals surface area (Å²) >= 11 is 8.02. The summed E-state index contributed by atoms with van der Waals surface area (Å²) in [5.41, 5.74) is 4.23. The van der Waals surface area contributed by atoms with E-state index in [0.29, 0.717) is 0 Å². The van der Waals surface area contributed by atoms with Gasteiger partial charge in [0.15, 0.2) is 0 Å². The number of fused-ring (bicyclic) bond motifs is 1. The molecule has 1 atom stereocenters. The molecule has 0 radical (unpaired) electrons. The van der Waals surface area contributed by atoms with Crippen LogP contribution in [0.5, 0.6) is 0 Å². The molecule has 3 heterocycles. The molecule has 4 heteroatoms. The standard InChI is InChI=1S/C14H13ClN2S/c1-9-5-6-17-12(8-9)16-13(14(17)10(2)15)11-4-3-7-18-11/h3-8,10H,1-2H3. The van der Waals surface area contributed by atoms with Crippen LogP contribution in [0.25, 0.3) is 16.2 Å². The van der Waals surface area contributed by atoms with Crippen LogP contribution < -0.4 is 0 Å². The molecule has 3 aromatic rings. The van der Waals surface area contributed by atoms with Crippen molar-refractivity contribution in [2.24, 2.45) is 0 Å². The summed E-state index contributed by atoms with van der Waals surface area (Å²) < 4.78 is 2.08. The molecule has 18 heavy (non-hydrogen) atoms. The van der Waals surface area contributed by atoms with Crippen molar-refractivity contribution in [3.05, 3.63) is 47.1 Å². The number of nitrogens with zero attached hydrogens (tertiary/aromatic N) is 2. The molecule has 0 N–H and O–H groups in total. The molecular formula is C14H13ClN2S. The van der Waals surface area contributed by atoms with Gasteiger partial charge in [-0.15, -0.1) is 22.9 Å². The number of pyridine rings is 1. The molecule has 0 bridgehead atoms. The highest BCUT2D eigenvalue weighted by Crippen LogP contribution is 2.34. The summed E-state index contributed by atoms with van der Waals surface area (Å²) in [4.78, 5) is 5.89. The van der Waals surface area contributed by atoms with E-state index in [1.807, 2.05) is 19.2 Å². The number of imidazole rings is 1. The zero-order valence-electron chi connectivity index (χ0n) is 10.2. The maximum Gasteiger partial charge on any atom is 0.138 e. The Balaban J connectivity index is 2.34. The average Bonchev–Trinajstić information content (AvgIpc) is 2.93. The minimum atomic E-state index is -0.0696. The number of aromatic nitrogens is 2. The van der Waals surface area contributed by atoms with Gasteiger partial charge in [0.1, 0.15) is 11.3 Å². The second-order valence-electron chi connectivity index (χ2n) is 4.37. The Morgan fingerprint density at radius 1 is 1.39 bits per heavy atom. The molecule has 0 aliphatic rings. The minimum Gasteiger partial charge on any atom is -0.302 e. The number of halogens is 1. The van der Waals surface area contributed by atoms with Crippen LogP contribution in [0.2, 0.25) is 0 Å². The number of hydrogen-bond donors (Lipinski definition) is 0. The third kappa shape index (κ3) is 1.84. The van der Waals surface area contributed by atoms with E-state index in [4.69, 9.17) is 16.6 Å². The summed E-state index contributed by atoms with van der Waals surface area (Å²) in [6, 6.07) is 8.29. The molecule has 0 fully saturated rings. The Morgan fingerprint density at radius 2 is 2.22 bits per heavy atom. The highest BCUT2D eigenvalue weighted by molar-refractivity contribution is 7.13. The summed E-state index contributed by atoms with van der Waals surface area (Å²) in [7, 11) is 0. The fraction of sp³-hybridized carbons (Fsp3) is 0.214. The molecule has 0 saturated heterocycles. The highest BCUT2D eigenvalue weighted by Gasteiger charge is 2.18. The van der Waals surface area contributed by atoms with Gasteiger partial charge in [0.25, 0.3) is 0 Å². The number of thiophene rings is 1. The van der Waals surface area contributed by atoms with Crippen molar-refractivity contribution in [3.8, 4) is 10.6 Å². The predicted molar refractivity (Wildman–Crippen MR) is 77.5 cm³/mol. The van der Waals surface area contributed by atoms with E-state index in [9.17, 15) is 0 Å². The lowest BCUT2D eigenvalue weighted by atomic mass is 10.2. The van der Waals surface area contributed by atoms with E-state index in [1.165, 1.54) is 10.4 Å². The summed E-state index contributed by atoms with van der Waals surface area (Å²) in [6.07, 6.45) is 2.04. The van der Waals surface area contributed by atoms with Crippen molar-refractivity contribution in [2.75, 3.05) is 0 Å². The van der Waals surface area contributed by atoms with Crippen LogP contribution in [0.3, 0.4) is 0 Å². The van der Waals surface area contributed by atoms with Gasteiger partial charge in [-0.3, -0.25) is 0 Å². The van der Waals surface area contributed by atoms with Gasteiger partial charge in [0.05, 0.1) is 15.9 Å². The molecule has 2 nitrogen and oxygen atoms in total. The van der Waals surface area contributed by atoms with Crippen LogP contribution in [0.4, 0.5) is 0 Å². The first-order valence-corrected chi connectivity index (χ1v) is 7.15. The summed E-state index contributed by atoms with van der Waals surface area (Å²) in [5.74, 6) is 0. The number of hydrogen-bond acceptors (Lipinski definition) is 2. The lowest BCUT2D eigenvalue weighted by Gasteiger charge is -2.05. The first kappa shape index (κ1) is 11.8. The Kier molecular flexibility index (Phi) is 2.88. The van der Waals surface area contributed by atoms with Crippen LogP contribution >= 0.6 is 22.9 Å². The van der Waals surface area contributed by atoms with E-state index in [1.54, 1.807) is 11.3 Å². The van der Waals surface area contributed by atoms with Gasteiger partial charge < -0.3 is 4.40 Å². The molecule has 0 amide bonds. The SMILES string of the molecule is Cc1ccn2c(C(C)Cl)c(-c3cccs3)nc2c1. The first-order valence-electron chi connectivity index (χ1n) is 5.83. The van der Waals surface area contributed by atoms with Crippen LogP contribution in [0.1, 0.15) is 23.6 Å². The Labute approximate surface area is 115 Å². The third-order valence-electron chi connectivity index (χ3n) is 2.95. The van der Waals surface area contributed by atoms with Crippen LogP contribution in [0.15, 0.2) is 35.8 Å². The van der Waals surface area contributed by atoms with Gasteiger partial charge in [-0.1, -0.05) is 6.07 Å². The average molecular weight is 277 g/mol. The van der Waals surface area contributed by atoms with E-state index in [2.05, 4.69) is 34.9 Å². The van der Waals surface area contributed by atoms with E-state index >= 15 is 0 Å². The van der Waals surface area contributed by atoms with Gasteiger partial charge in [-0.2, -0.15) is 0 Å². The first-order chi connectivity index (χ1) is 8.66. The molecule has 1 unspecified atom stereocenters. The molecule has 3 rings (SSSR count). The Hall–Kier alpha value is -1.32. The zero-order chi connectivity index (χ0) is 12.7. The Bertz CT molecular complexity index is 683. The smallest absolute Gasteiger partial charge is 0.138 e. The fourth-order valence-corrected chi connectivity index (χ4v) is 3.07. The number of alkyl halides is 1. The lowest BCUT2D eigenvalue weighted by molar-refractivity contribution is 0.964. The van der Waals surface area contributed by atoms with Gasteiger partial charge in [0, 0.05) is 6.20 Å². The number of aryl methyl sites for hydroxylation is 1. The fourth-order valence-electron chi connectivity index (χ4n) is 2.14. The van der Waals surface area contributed by atoms with Crippen molar-refractivity contribution >= 4 is 28.6 Å². The normalized spacial score (nSPS) is 13.1. The van der Waals surface area contributed by atoms with Crippen LogP contribution in [0, 0.1) is 6.92 Å². The molecule has 0 aromatic carbocycles. The predicted octanol–water partition coefficient (Wildman–Crippen LogP) is 4.67. The van der Waals surface area contributed by atoms with E-state index < -0.39 is 0 Å². The monoisotopic (exact) mass is 276 g/mol. The maximum atomic E-state index is 6.33. The molecule has 0 aliphatic heterocycles. The van der Waals surface area contributed by atoms with Crippen molar-refractivity contribution in [2.45, 2.75) is 19.2 Å². The van der Waals surface area contributed by atoms with E-state index in [-0.39, 0.29) is 5.38 Å². The third-order valence-corrected chi connectivity index (χ3v) is 4.03. The van der Waals surface area contributed by atoms with Crippen LogP contribution in [-0.4, -0.2) is 9.38 Å². The molecule has 92 valence electrons. The zero-order valence-corrected chi connectivity index (χ0v) is 11.8. The van der Waals surface area contributed by atoms with Gasteiger partial charge in [0.2, 0.25) is 0 Å². The summed E-state index contributed by atoms with van der Waals surface area (Å²) in [6.45, 7) is 4.06. The summed E-state index contributed by atoms with van der Waals surface area (Å²) in [5, 5.41) is 1.99. The molecule has 3 aromatic heterocycles. The molecular weight excluding hydrogens is 264 g/mol. The van der Waals surface area contributed by atoms with E-state index in [0.717, 1.165) is 17.0 Å². The van der Waals surface area contributed by atoms with Gasteiger partial charge >= 0.3 is 0 Å². The Morgan fingerprint density at radius 3 is 2.89 bits per heavy atom. The second-order valence-corrected chi connectivity index (χ2v) is 5.97. The van der Waals surface area contributed by atoms with Crippen LogP contribution in [-0.2, 0) is 0 Å². The topological polar surface area (TPSA) is 17.3 Å². The maximum absolute atomic E-state index is 6.33. The van der Waals surface area contributed by atoms with Crippen molar-refractivity contribution < 1.29 is 0 Å².